The van der Waals surface area contributed by atoms with Gasteiger partial charge in [-0.05, 0) is 49.2 Å². The summed E-state index contributed by atoms with van der Waals surface area (Å²) in [4.78, 5) is 15.6. The molecule has 26 heavy (non-hydrogen) atoms. The largest absolute Gasteiger partial charge is 0.385 e. The lowest BCUT2D eigenvalue weighted by atomic mass is 10.1. The highest BCUT2D eigenvalue weighted by molar-refractivity contribution is 6.06. The van der Waals surface area contributed by atoms with Crippen LogP contribution >= 0.6 is 0 Å². The molecule has 1 aromatic heterocycles. The summed E-state index contributed by atoms with van der Waals surface area (Å²) in [7, 11) is 0. The molecule has 0 unspecified atom stereocenters. The molecule has 0 saturated heterocycles. The monoisotopic (exact) mass is 347 g/mol. The zero-order chi connectivity index (χ0) is 18.7. The Morgan fingerprint density at radius 2 is 1.92 bits per heavy atom. The van der Waals surface area contributed by atoms with E-state index in [1.165, 1.54) is 0 Å². The van der Waals surface area contributed by atoms with Crippen LogP contribution < -0.4 is 16.5 Å². The van der Waals surface area contributed by atoms with Crippen molar-refractivity contribution < 1.29 is 4.79 Å². The van der Waals surface area contributed by atoms with Crippen molar-refractivity contribution in [3.63, 3.8) is 0 Å². The molecule has 6 heteroatoms. The number of aromatic amines is 1. The minimum atomic E-state index is -0.181. The van der Waals surface area contributed by atoms with E-state index in [0.717, 1.165) is 27.7 Å². The van der Waals surface area contributed by atoms with Gasteiger partial charge in [-0.1, -0.05) is 30.8 Å². The van der Waals surface area contributed by atoms with E-state index in [2.05, 4.69) is 27.4 Å². The standard InChI is InChI=1S/C20H21N5O/c1-12-5-4-6-18-17(12)11-19(23-18)20(26)22-16-9-7-15(8-10-16)13(2)24-25-14(3)21/h4-11,23,25H,3,21H2,1-2H3,(H,22,26)/b24-13-. The second-order valence-corrected chi connectivity index (χ2v) is 6.08. The first kappa shape index (κ1) is 17.3. The molecule has 0 aliphatic carbocycles. The molecular formula is C20H21N5O. The van der Waals surface area contributed by atoms with Crippen LogP contribution in [0.4, 0.5) is 5.69 Å². The summed E-state index contributed by atoms with van der Waals surface area (Å²) in [6.45, 7) is 7.41. The highest BCUT2D eigenvalue weighted by Crippen LogP contribution is 2.20. The number of aromatic nitrogens is 1. The Kier molecular flexibility index (Phi) is 4.75. The number of carbonyl (C=O) groups excluding carboxylic acids is 1. The van der Waals surface area contributed by atoms with Crippen LogP contribution in [0.1, 0.15) is 28.5 Å². The molecule has 0 saturated carbocycles. The number of amides is 1. The number of carbonyl (C=O) groups is 1. The number of anilines is 1. The van der Waals surface area contributed by atoms with Gasteiger partial charge in [0.1, 0.15) is 11.5 Å². The molecule has 3 aromatic rings. The first-order valence-corrected chi connectivity index (χ1v) is 8.19. The molecule has 0 radical (unpaired) electrons. The summed E-state index contributed by atoms with van der Waals surface area (Å²) in [5.41, 5.74) is 13.0. The van der Waals surface area contributed by atoms with Crippen LogP contribution in [0.25, 0.3) is 10.9 Å². The van der Waals surface area contributed by atoms with E-state index in [0.29, 0.717) is 11.4 Å². The number of hydrogen-bond acceptors (Lipinski definition) is 4. The van der Waals surface area contributed by atoms with Crippen molar-refractivity contribution in [1.82, 2.24) is 10.4 Å². The Labute approximate surface area is 151 Å². The molecule has 0 aliphatic heterocycles. The van der Waals surface area contributed by atoms with Crippen LogP contribution in [-0.2, 0) is 0 Å². The van der Waals surface area contributed by atoms with E-state index in [1.807, 2.05) is 62.4 Å². The molecule has 2 aromatic carbocycles. The molecule has 0 aliphatic rings. The molecule has 5 N–H and O–H groups in total. The Balaban J connectivity index is 1.74. The van der Waals surface area contributed by atoms with Crippen LogP contribution in [0.15, 0.2) is 66.0 Å². The van der Waals surface area contributed by atoms with E-state index >= 15 is 0 Å². The predicted molar refractivity (Wildman–Crippen MR) is 106 cm³/mol. The minimum Gasteiger partial charge on any atom is -0.385 e. The third kappa shape index (κ3) is 3.75. The summed E-state index contributed by atoms with van der Waals surface area (Å²) in [6, 6.07) is 15.2. The third-order valence-corrected chi connectivity index (χ3v) is 4.05. The van der Waals surface area contributed by atoms with Crippen molar-refractivity contribution in [1.29, 1.82) is 0 Å². The number of nitrogens with two attached hydrogens (primary N) is 1. The number of hydrazone groups is 1. The van der Waals surface area contributed by atoms with E-state index in [1.54, 1.807) is 0 Å². The lowest BCUT2D eigenvalue weighted by Crippen LogP contribution is -2.15. The zero-order valence-corrected chi connectivity index (χ0v) is 14.8. The van der Waals surface area contributed by atoms with Gasteiger partial charge in [-0.25, -0.2) is 0 Å². The highest BCUT2D eigenvalue weighted by atomic mass is 16.1. The topological polar surface area (TPSA) is 95.3 Å². The van der Waals surface area contributed by atoms with Crippen molar-refractivity contribution in [3.8, 4) is 0 Å². The van der Waals surface area contributed by atoms with Gasteiger partial charge >= 0.3 is 0 Å². The second-order valence-electron chi connectivity index (χ2n) is 6.08. The lowest BCUT2D eigenvalue weighted by molar-refractivity contribution is 0.102. The fourth-order valence-electron chi connectivity index (χ4n) is 2.64. The maximum absolute atomic E-state index is 12.5. The Hall–Kier alpha value is -3.54. The van der Waals surface area contributed by atoms with Crippen LogP contribution in [0, 0.1) is 6.92 Å². The van der Waals surface area contributed by atoms with Crippen LogP contribution in [0.2, 0.25) is 0 Å². The SMILES string of the molecule is C=C(N)N/N=C(/C)c1ccc(NC(=O)c2cc3c(C)cccc3[nH]2)cc1. The molecule has 0 atom stereocenters. The zero-order valence-electron chi connectivity index (χ0n) is 14.8. The van der Waals surface area contributed by atoms with E-state index in [9.17, 15) is 4.79 Å². The maximum Gasteiger partial charge on any atom is 0.272 e. The van der Waals surface area contributed by atoms with Crippen molar-refractivity contribution in [2.45, 2.75) is 13.8 Å². The molecule has 0 bridgehead atoms. The van der Waals surface area contributed by atoms with Gasteiger partial charge in [0.05, 0.1) is 5.71 Å². The second kappa shape index (κ2) is 7.14. The van der Waals surface area contributed by atoms with Gasteiger partial charge in [0.15, 0.2) is 0 Å². The van der Waals surface area contributed by atoms with Crippen LogP contribution in [-0.4, -0.2) is 16.6 Å². The maximum atomic E-state index is 12.5. The number of nitrogens with zero attached hydrogens (tertiary/aromatic N) is 1. The predicted octanol–water partition coefficient (Wildman–Crippen LogP) is 3.47. The Morgan fingerprint density at radius 1 is 1.19 bits per heavy atom. The minimum absolute atomic E-state index is 0.181. The van der Waals surface area contributed by atoms with Crippen molar-refractivity contribution in [3.05, 3.63) is 77.8 Å². The molecule has 1 heterocycles. The van der Waals surface area contributed by atoms with E-state index in [-0.39, 0.29) is 11.7 Å². The number of aryl methyl sites for hydroxylation is 1. The van der Waals surface area contributed by atoms with Gasteiger partial charge in [-0.2, -0.15) is 5.10 Å². The Morgan fingerprint density at radius 3 is 2.58 bits per heavy atom. The smallest absolute Gasteiger partial charge is 0.272 e. The van der Waals surface area contributed by atoms with Gasteiger partial charge in [-0.15, -0.1) is 0 Å². The normalized spacial score (nSPS) is 11.4. The van der Waals surface area contributed by atoms with Crippen LogP contribution in [0.3, 0.4) is 0 Å². The number of hydrogen-bond donors (Lipinski definition) is 4. The first-order valence-electron chi connectivity index (χ1n) is 8.19. The summed E-state index contributed by atoms with van der Waals surface area (Å²) < 4.78 is 0. The third-order valence-electron chi connectivity index (χ3n) is 4.05. The molecule has 6 nitrogen and oxygen atoms in total. The molecule has 0 spiro atoms. The van der Waals surface area contributed by atoms with E-state index in [4.69, 9.17) is 5.73 Å². The summed E-state index contributed by atoms with van der Waals surface area (Å²) >= 11 is 0. The van der Waals surface area contributed by atoms with Gasteiger partial charge < -0.3 is 16.0 Å². The highest BCUT2D eigenvalue weighted by Gasteiger charge is 2.11. The molecule has 3 rings (SSSR count). The number of benzene rings is 2. The van der Waals surface area contributed by atoms with Gasteiger partial charge in [0.2, 0.25) is 0 Å². The number of nitrogens with one attached hydrogen (secondary N) is 3. The summed E-state index contributed by atoms with van der Waals surface area (Å²) in [5.74, 6) is 0.0987. The van der Waals surface area contributed by atoms with Crippen molar-refractivity contribution in [2.24, 2.45) is 10.8 Å². The van der Waals surface area contributed by atoms with Gasteiger partial charge in [-0.3, -0.25) is 10.2 Å². The van der Waals surface area contributed by atoms with E-state index < -0.39 is 0 Å². The molecule has 132 valence electrons. The first-order chi connectivity index (χ1) is 12.4. The van der Waals surface area contributed by atoms with Gasteiger partial charge in [0.25, 0.3) is 5.91 Å². The van der Waals surface area contributed by atoms with Gasteiger partial charge in [0, 0.05) is 16.6 Å². The quantitative estimate of drug-likeness (QED) is 0.420. The average Bonchev–Trinajstić information content (AvgIpc) is 3.06. The number of rotatable bonds is 5. The number of fused-ring (bicyclic) bond motifs is 1. The molecule has 0 fully saturated rings. The fraction of sp³-hybridized carbons (Fsp3) is 0.100. The average molecular weight is 347 g/mol. The van der Waals surface area contributed by atoms with Crippen molar-refractivity contribution >= 4 is 28.2 Å². The summed E-state index contributed by atoms with van der Waals surface area (Å²) in [6.07, 6.45) is 0. The molecule has 1 amide bonds. The summed E-state index contributed by atoms with van der Waals surface area (Å²) in [5, 5.41) is 8.06. The lowest BCUT2D eigenvalue weighted by Gasteiger charge is -2.06. The Bertz CT molecular complexity index is 999. The molecular weight excluding hydrogens is 326 g/mol. The van der Waals surface area contributed by atoms with Crippen molar-refractivity contribution in [2.75, 3.05) is 5.32 Å². The fourth-order valence-corrected chi connectivity index (χ4v) is 2.64. The van der Waals surface area contributed by atoms with Crippen LogP contribution in [0.5, 0.6) is 0 Å². The number of H-pyrrole nitrogens is 1.